The van der Waals surface area contributed by atoms with Gasteiger partial charge in [-0.1, -0.05) is 0 Å². The van der Waals surface area contributed by atoms with Gasteiger partial charge in [0.15, 0.2) is 11.6 Å². The van der Waals surface area contributed by atoms with Crippen LogP contribution in [-0.4, -0.2) is 29.3 Å². The number of anilines is 1. The summed E-state index contributed by atoms with van der Waals surface area (Å²) >= 11 is 0. The summed E-state index contributed by atoms with van der Waals surface area (Å²) in [5.74, 6) is 0.210. The van der Waals surface area contributed by atoms with Crippen molar-refractivity contribution in [3.8, 4) is 0 Å². The van der Waals surface area contributed by atoms with E-state index in [4.69, 9.17) is 5.11 Å². The lowest BCUT2D eigenvalue weighted by Crippen LogP contribution is -2.30. The molecule has 0 spiro atoms. The molecular weight excluding hydrogens is 207 g/mol. The Balaban J connectivity index is 2.10. The lowest BCUT2D eigenvalue weighted by atomic mass is 10.1. The molecule has 1 atom stereocenters. The number of rotatable bonds is 4. The second kappa shape index (κ2) is 5.25. The van der Waals surface area contributed by atoms with Crippen LogP contribution in [0.1, 0.15) is 25.7 Å². The Morgan fingerprint density at radius 1 is 1.56 bits per heavy atom. The van der Waals surface area contributed by atoms with Gasteiger partial charge in [0, 0.05) is 25.4 Å². The molecule has 0 aliphatic carbocycles. The normalized spacial score (nSPS) is 20.4. The van der Waals surface area contributed by atoms with E-state index in [-0.39, 0.29) is 12.4 Å². The van der Waals surface area contributed by atoms with E-state index in [0.29, 0.717) is 11.9 Å². The van der Waals surface area contributed by atoms with Gasteiger partial charge in [0.25, 0.3) is 0 Å². The predicted molar refractivity (Wildman–Crippen MR) is 60.9 cm³/mol. The van der Waals surface area contributed by atoms with E-state index >= 15 is 0 Å². The van der Waals surface area contributed by atoms with Crippen LogP contribution in [0.4, 0.5) is 10.2 Å². The van der Waals surface area contributed by atoms with E-state index in [1.54, 1.807) is 12.3 Å². The molecule has 4 heteroatoms. The number of nitrogens with zero attached hydrogens (tertiary/aromatic N) is 2. The lowest BCUT2D eigenvalue weighted by molar-refractivity contribution is 0.279. The smallest absolute Gasteiger partial charge is 0.165 e. The Morgan fingerprint density at radius 3 is 3.19 bits per heavy atom. The highest BCUT2D eigenvalue weighted by Crippen LogP contribution is 2.27. The topological polar surface area (TPSA) is 36.4 Å². The first kappa shape index (κ1) is 11.3. The molecule has 0 bridgehead atoms. The van der Waals surface area contributed by atoms with Crippen molar-refractivity contribution in [3.63, 3.8) is 0 Å². The van der Waals surface area contributed by atoms with Crippen LogP contribution in [0, 0.1) is 5.82 Å². The van der Waals surface area contributed by atoms with E-state index in [1.807, 2.05) is 4.90 Å². The highest BCUT2D eigenvalue weighted by molar-refractivity contribution is 5.42. The van der Waals surface area contributed by atoms with E-state index < -0.39 is 0 Å². The first-order chi connectivity index (χ1) is 7.83. The number of pyridine rings is 1. The summed E-state index contributed by atoms with van der Waals surface area (Å²) in [4.78, 5) is 6.14. The summed E-state index contributed by atoms with van der Waals surface area (Å²) in [5.41, 5.74) is 0. The monoisotopic (exact) mass is 224 g/mol. The molecule has 16 heavy (non-hydrogen) atoms. The Kier molecular flexibility index (Phi) is 3.72. The van der Waals surface area contributed by atoms with Crippen LogP contribution >= 0.6 is 0 Å². The predicted octanol–water partition coefficient (Wildman–Crippen LogP) is 1.96. The largest absolute Gasteiger partial charge is 0.396 e. The molecule has 1 N–H and O–H groups in total. The van der Waals surface area contributed by atoms with Crippen LogP contribution < -0.4 is 4.90 Å². The quantitative estimate of drug-likeness (QED) is 0.849. The number of hydrogen-bond donors (Lipinski definition) is 1. The van der Waals surface area contributed by atoms with Gasteiger partial charge in [-0.05, 0) is 37.8 Å². The van der Waals surface area contributed by atoms with Crippen LogP contribution in [0.3, 0.4) is 0 Å². The number of aromatic nitrogens is 1. The molecule has 1 saturated heterocycles. The van der Waals surface area contributed by atoms with Crippen molar-refractivity contribution in [3.05, 3.63) is 24.1 Å². The molecule has 1 fully saturated rings. The second-order valence-electron chi connectivity index (χ2n) is 4.16. The SMILES string of the molecule is OCCCC1CCCN1c1ncccc1F. The van der Waals surface area contributed by atoms with E-state index in [9.17, 15) is 4.39 Å². The minimum absolute atomic E-state index is 0.203. The zero-order chi connectivity index (χ0) is 11.4. The van der Waals surface area contributed by atoms with Gasteiger partial charge >= 0.3 is 0 Å². The molecule has 1 aromatic heterocycles. The molecule has 2 rings (SSSR count). The van der Waals surface area contributed by atoms with Crippen LogP contribution in [0.25, 0.3) is 0 Å². The fourth-order valence-electron chi connectivity index (χ4n) is 2.33. The lowest BCUT2D eigenvalue weighted by Gasteiger charge is -2.25. The number of hydrogen-bond acceptors (Lipinski definition) is 3. The first-order valence-corrected chi connectivity index (χ1v) is 5.81. The van der Waals surface area contributed by atoms with Crippen molar-refractivity contribution >= 4 is 5.82 Å². The minimum atomic E-state index is -0.251. The standard InChI is InChI=1S/C12H17FN2O/c13-11-6-1-7-14-12(11)15-8-2-4-10(15)5-3-9-16/h1,6-7,10,16H,2-5,8-9H2. The van der Waals surface area contributed by atoms with E-state index in [0.717, 1.165) is 32.2 Å². The van der Waals surface area contributed by atoms with Crippen LogP contribution in [0.15, 0.2) is 18.3 Å². The van der Waals surface area contributed by atoms with Gasteiger partial charge in [-0.3, -0.25) is 0 Å². The van der Waals surface area contributed by atoms with Crippen LogP contribution in [-0.2, 0) is 0 Å². The molecule has 1 aliphatic rings. The number of aliphatic hydroxyl groups is 1. The summed E-state index contributed by atoms with van der Waals surface area (Å²) in [7, 11) is 0. The summed E-state index contributed by atoms with van der Waals surface area (Å²) in [5, 5.41) is 8.83. The second-order valence-corrected chi connectivity index (χ2v) is 4.16. The maximum atomic E-state index is 13.6. The molecular formula is C12H17FN2O. The van der Waals surface area contributed by atoms with Crippen molar-refractivity contribution in [1.29, 1.82) is 0 Å². The Morgan fingerprint density at radius 2 is 2.44 bits per heavy atom. The number of aliphatic hydroxyl groups excluding tert-OH is 1. The molecule has 1 aromatic rings. The molecule has 1 unspecified atom stereocenters. The molecule has 0 aromatic carbocycles. The fraction of sp³-hybridized carbons (Fsp3) is 0.583. The van der Waals surface area contributed by atoms with E-state index in [1.165, 1.54) is 6.07 Å². The average molecular weight is 224 g/mol. The molecule has 0 amide bonds. The number of halogens is 1. The first-order valence-electron chi connectivity index (χ1n) is 5.81. The van der Waals surface area contributed by atoms with Gasteiger partial charge in [0.05, 0.1) is 0 Å². The highest BCUT2D eigenvalue weighted by atomic mass is 19.1. The van der Waals surface area contributed by atoms with Gasteiger partial charge in [-0.2, -0.15) is 0 Å². The van der Waals surface area contributed by atoms with Crippen molar-refractivity contribution in [2.45, 2.75) is 31.7 Å². The summed E-state index contributed by atoms with van der Waals surface area (Å²) in [6.45, 7) is 1.07. The molecule has 0 saturated carbocycles. The van der Waals surface area contributed by atoms with Gasteiger partial charge < -0.3 is 10.0 Å². The van der Waals surface area contributed by atoms with Crippen LogP contribution in [0.2, 0.25) is 0 Å². The van der Waals surface area contributed by atoms with Gasteiger partial charge in [0.1, 0.15) is 0 Å². The third-order valence-corrected chi connectivity index (χ3v) is 3.08. The molecule has 2 heterocycles. The molecule has 1 aliphatic heterocycles. The zero-order valence-corrected chi connectivity index (χ0v) is 9.27. The van der Waals surface area contributed by atoms with Crippen LogP contribution in [0.5, 0.6) is 0 Å². The van der Waals surface area contributed by atoms with Crippen molar-refractivity contribution in [1.82, 2.24) is 4.98 Å². The molecule has 88 valence electrons. The third kappa shape index (κ3) is 2.32. The third-order valence-electron chi connectivity index (χ3n) is 3.08. The van der Waals surface area contributed by atoms with Gasteiger partial charge in [-0.25, -0.2) is 9.37 Å². The van der Waals surface area contributed by atoms with Gasteiger partial charge in [0.2, 0.25) is 0 Å². The van der Waals surface area contributed by atoms with Crippen molar-refractivity contribution in [2.75, 3.05) is 18.1 Å². The summed E-state index contributed by atoms with van der Waals surface area (Å²) in [6.07, 6.45) is 5.45. The Bertz CT molecular complexity index is 346. The van der Waals surface area contributed by atoms with Crippen molar-refractivity contribution in [2.24, 2.45) is 0 Å². The minimum Gasteiger partial charge on any atom is -0.396 e. The van der Waals surface area contributed by atoms with Gasteiger partial charge in [-0.15, -0.1) is 0 Å². The summed E-state index contributed by atoms with van der Waals surface area (Å²) in [6, 6.07) is 3.39. The Hall–Kier alpha value is -1.16. The Labute approximate surface area is 94.9 Å². The molecule has 0 radical (unpaired) electrons. The maximum absolute atomic E-state index is 13.6. The van der Waals surface area contributed by atoms with E-state index in [2.05, 4.69) is 4.98 Å². The van der Waals surface area contributed by atoms with Crippen molar-refractivity contribution < 1.29 is 9.50 Å². The highest BCUT2D eigenvalue weighted by Gasteiger charge is 2.26. The maximum Gasteiger partial charge on any atom is 0.165 e. The fourth-order valence-corrected chi connectivity index (χ4v) is 2.33. The molecule has 3 nitrogen and oxygen atoms in total. The zero-order valence-electron chi connectivity index (χ0n) is 9.27. The summed E-state index contributed by atoms with van der Waals surface area (Å²) < 4.78 is 13.6. The average Bonchev–Trinajstić information content (AvgIpc) is 2.75.